The molecule has 3 atom stereocenters. The van der Waals surface area contributed by atoms with Gasteiger partial charge in [0.15, 0.2) is 0 Å². The fourth-order valence-corrected chi connectivity index (χ4v) is 3.34. The molecule has 0 bridgehead atoms. The van der Waals surface area contributed by atoms with Crippen LogP contribution in [0.2, 0.25) is 5.02 Å². The maximum Gasteiger partial charge on any atom is 0.138 e. The molecular weight excluding hydrogens is 282 g/mol. The highest BCUT2D eigenvalue weighted by Gasteiger charge is 2.33. The van der Waals surface area contributed by atoms with Crippen LogP contribution in [0, 0.1) is 11.8 Å². The Morgan fingerprint density at radius 2 is 2.05 bits per heavy atom. The summed E-state index contributed by atoms with van der Waals surface area (Å²) in [7, 11) is 0. The summed E-state index contributed by atoms with van der Waals surface area (Å²) in [5, 5.41) is 4.36. The van der Waals surface area contributed by atoms with E-state index >= 15 is 0 Å². The van der Waals surface area contributed by atoms with E-state index in [2.05, 4.69) is 26.1 Å². The molecule has 0 aromatic heterocycles. The number of nitrogens with one attached hydrogen (secondary N) is 1. The number of hydrogen-bond acceptors (Lipinski definition) is 2. The summed E-state index contributed by atoms with van der Waals surface area (Å²) in [6.07, 6.45) is 4.98. The molecule has 1 saturated carbocycles. The molecule has 0 spiro atoms. The zero-order chi connectivity index (χ0) is 15.2. The van der Waals surface area contributed by atoms with E-state index in [1.54, 1.807) is 0 Å². The lowest BCUT2D eigenvalue weighted by molar-refractivity contribution is 0.0720. The molecular formula is C18H28ClNO. The van der Waals surface area contributed by atoms with E-state index in [9.17, 15) is 0 Å². The van der Waals surface area contributed by atoms with Crippen LogP contribution >= 0.6 is 11.6 Å². The number of ether oxygens (including phenoxy) is 1. The van der Waals surface area contributed by atoms with Crippen LogP contribution < -0.4 is 10.1 Å². The first-order chi connectivity index (χ1) is 10.1. The van der Waals surface area contributed by atoms with Gasteiger partial charge in [-0.1, -0.05) is 44.5 Å². The predicted molar refractivity (Wildman–Crippen MR) is 90.1 cm³/mol. The monoisotopic (exact) mass is 309 g/mol. The Hall–Kier alpha value is -0.730. The fraction of sp³-hybridized carbons (Fsp3) is 0.667. The molecule has 1 aromatic carbocycles. The highest BCUT2D eigenvalue weighted by atomic mass is 35.5. The van der Waals surface area contributed by atoms with Crippen molar-refractivity contribution in [3.63, 3.8) is 0 Å². The molecule has 0 saturated heterocycles. The molecule has 0 amide bonds. The number of hydrogen-bond donors (Lipinski definition) is 1. The van der Waals surface area contributed by atoms with E-state index in [0.29, 0.717) is 11.1 Å². The molecule has 3 heteroatoms. The van der Waals surface area contributed by atoms with Gasteiger partial charge in [-0.2, -0.15) is 0 Å². The Labute approximate surface area is 134 Å². The molecule has 118 valence electrons. The Balaban J connectivity index is 2.07. The summed E-state index contributed by atoms with van der Waals surface area (Å²) < 4.78 is 6.28. The van der Waals surface area contributed by atoms with Gasteiger partial charge in [0.1, 0.15) is 11.9 Å². The maximum atomic E-state index is 6.28. The molecule has 2 rings (SSSR count). The third-order valence-electron chi connectivity index (χ3n) is 4.55. The molecule has 21 heavy (non-hydrogen) atoms. The van der Waals surface area contributed by atoms with Gasteiger partial charge in [0.05, 0.1) is 5.02 Å². The van der Waals surface area contributed by atoms with Crippen LogP contribution in [0.25, 0.3) is 0 Å². The third kappa shape index (κ3) is 4.62. The number of rotatable bonds is 6. The lowest BCUT2D eigenvalue weighted by Crippen LogP contribution is -2.48. The number of benzene rings is 1. The smallest absolute Gasteiger partial charge is 0.138 e. The van der Waals surface area contributed by atoms with Gasteiger partial charge in [-0.15, -0.1) is 0 Å². The highest BCUT2D eigenvalue weighted by Crippen LogP contribution is 2.34. The van der Waals surface area contributed by atoms with Crippen LogP contribution in [-0.2, 0) is 0 Å². The Bertz CT molecular complexity index is 435. The second-order valence-corrected chi connectivity index (χ2v) is 6.87. The van der Waals surface area contributed by atoms with Gasteiger partial charge in [0, 0.05) is 6.04 Å². The van der Waals surface area contributed by atoms with Crippen molar-refractivity contribution in [1.29, 1.82) is 0 Å². The zero-order valence-corrected chi connectivity index (χ0v) is 14.2. The fourth-order valence-electron chi connectivity index (χ4n) is 3.16. The average molecular weight is 310 g/mol. The Morgan fingerprint density at radius 3 is 2.71 bits per heavy atom. The van der Waals surface area contributed by atoms with Crippen molar-refractivity contribution in [1.82, 2.24) is 5.32 Å². The van der Waals surface area contributed by atoms with Crippen molar-refractivity contribution in [2.24, 2.45) is 11.8 Å². The number of para-hydroxylation sites is 1. The summed E-state index contributed by atoms with van der Waals surface area (Å²) in [6, 6.07) is 8.24. The van der Waals surface area contributed by atoms with Crippen molar-refractivity contribution < 1.29 is 4.74 Å². The summed E-state index contributed by atoms with van der Waals surface area (Å²) >= 11 is 6.25. The lowest BCUT2D eigenvalue weighted by Gasteiger charge is -2.38. The van der Waals surface area contributed by atoms with Crippen molar-refractivity contribution >= 4 is 11.6 Å². The van der Waals surface area contributed by atoms with Gasteiger partial charge in [-0.3, -0.25) is 0 Å². The third-order valence-corrected chi connectivity index (χ3v) is 4.86. The SMILES string of the molecule is CCCNC1CCC(C(C)C)CC1Oc1ccccc1Cl. The Kier molecular flexibility index (Phi) is 6.38. The maximum absolute atomic E-state index is 6.28. The van der Waals surface area contributed by atoms with Gasteiger partial charge >= 0.3 is 0 Å². The number of halogens is 1. The van der Waals surface area contributed by atoms with Gasteiger partial charge in [-0.05, 0) is 56.2 Å². The normalized spacial score (nSPS) is 26.0. The summed E-state index contributed by atoms with van der Waals surface area (Å²) in [5.41, 5.74) is 0. The standard InChI is InChI=1S/C18H28ClNO/c1-4-11-20-16-10-9-14(13(2)3)12-18(16)21-17-8-6-5-7-15(17)19/h5-8,13-14,16,18,20H,4,9-12H2,1-3H3. The van der Waals surface area contributed by atoms with Gasteiger partial charge < -0.3 is 10.1 Å². The molecule has 0 heterocycles. The van der Waals surface area contributed by atoms with Crippen molar-refractivity contribution in [2.45, 2.75) is 58.6 Å². The van der Waals surface area contributed by atoms with Crippen molar-refractivity contribution in [3.8, 4) is 5.75 Å². The van der Waals surface area contributed by atoms with Crippen LogP contribution in [0.4, 0.5) is 0 Å². The van der Waals surface area contributed by atoms with E-state index in [4.69, 9.17) is 16.3 Å². The summed E-state index contributed by atoms with van der Waals surface area (Å²) in [5.74, 6) is 2.28. The molecule has 1 fully saturated rings. The molecule has 1 aliphatic carbocycles. The molecule has 1 aliphatic rings. The van der Waals surface area contributed by atoms with E-state index in [1.807, 2.05) is 24.3 Å². The van der Waals surface area contributed by atoms with Gasteiger partial charge in [0.2, 0.25) is 0 Å². The summed E-state index contributed by atoms with van der Waals surface area (Å²) in [6.45, 7) is 7.89. The minimum absolute atomic E-state index is 0.220. The van der Waals surface area contributed by atoms with Crippen LogP contribution in [0.1, 0.15) is 46.5 Å². The molecule has 1 aromatic rings. The largest absolute Gasteiger partial charge is 0.487 e. The van der Waals surface area contributed by atoms with Crippen LogP contribution in [0.5, 0.6) is 5.75 Å². The molecule has 0 aliphatic heterocycles. The van der Waals surface area contributed by atoms with Crippen LogP contribution in [-0.4, -0.2) is 18.7 Å². The minimum Gasteiger partial charge on any atom is -0.487 e. The molecule has 3 unspecified atom stereocenters. The second kappa shape index (κ2) is 8.05. The first-order valence-electron chi connectivity index (χ1n) is 8.26. The van der Waals surface area contributed by atoms with Gasteiger partial charge in [0.25, 0.3) is 0 Å². The van der Waals surface area contributed by atoms with E-state index in [0.717, 1.165) is 37.0 Å². The van der Waals surface area contributed by atoms with E-state index < -0.39 is 0 Å². The lowest BCUT2D eigenvalue weighted by atomic mass is 9.78. The first-order valence-corrected chi connectivity index (χ1v) is 8.64. The van der Waals surface area contributed by atoms with Crippen LogP contribution in [0.15, 0.2) is 24.3 Å². The quantitative estimate of drug-likeness (QED) is 0.806. The average Bonchev–Trinajstić information content (AvgIpc) is 2.48. The van der Waals surface area contributed by atoms with Crippen molar-refractivity contribution in [2.75, 3.05) is 6.54 Å². The topological polar surface area (TPSA) is 21.3 Å². The highest BCUT2D eigenvalue weighted by molar-refractivity contribution is 6.32. The summed E-state index contributed by atoms with van der Waals surface area (Å²) in [4.78, 5) is 0. The van der Waals surface area contributed by atoms with E-state index in [-0.39, 0.29) is 6.10 Å². The van der Waals surface area contributed by atoms with E-state index in [1.165, 1.54) is 12.8 Å². The van der Waals surface area contributed by atoms with Crippen molar-refractivity contribution in [3.05, 3.63) is 29.3 Å². The zero-order valence-electron chi connectivity index (χ0n) is 13.4. The molecule has 0 radical (unpaired) electrons. The molecule has 1 N–H and O–H groups in total. The second-order valence-electron chi connectivity index (χ2n) is 6.46. The Morgan fingerprint density at radius 1 is 1.29 bits per heavy atom. The van der Waals surface area contributed by atoms with Gasteiger partial charge in [-0.25, -0.2) is 0 Å². The van der Waals surface area contributed by atoms with Crippen LogP contribution in [0.3, 0.4) is 0 Å². The first kappa shape index (κ1) is 16.6. The molecule has 2 nitrogen and oxygen atoms in total. The predicted octanol–water partition coefficient (Wildman–Crippen LogP) is 4.91. The minimum atomic E-state index is 0.220.